The normalized spacial score (nSPS) is 25.6. The second kappa shape index (κ2) is 7.90. The molecule has 10 heteroatoms. The minimum absolute atomic E-state index is 0.0513. The van der Waals surface area contributed by atoms with Crippen LogP contribution in [0.25, 0.3) is 11.0 Å². The van der Waals surface area contributed by atoms with E-state index in [1.807, 2.05) is 30.8 Å². The van der Waals surface area contributed by atoms with Gasteiger partial charge >= 0.3 is 6.18 Å². The zero-order valence-corrected chi connectivity index (χ0v) is 19.2. The number of hydrogen-bond donors (Lipinski definition) is 0. The average molecular weight is 473 g/mol. The van der Waals surface area contributed by atoms with Crippen molar-refractivity contribution in [2.75, 3.05) is 24.6 Å². The summed E-state index contributed by atoms with van der Waals surface area (Å²) in [6, 6.07) is 2.42. The number of fused-ring (bicyclic) bond motifs is 1. The van der Waals surface area contributed by atoms with E-state index in [1.165, 1.54) is 12.8 Å². The van der Waals surface area contributed by atoms with E-state index in [0.29, 0.717) is 42.5 Å². The molecule has 4 heterocycles. The van der Waals surface area contributed by atoms with Gasteiger partial charge in [0.15, 0.2) is 0 Å². The molecule has 7 nitrogen and oxygen atoms in total. The number of nitrogens with zero attached hydrogens (tertiary/aromatic N) is 6. The van der Waals surface area contributed by atoms with Gasteiger partial charge in [-0.2, -0.15) is 18.3 Å². The standard InChI is InChI=1S/C24H27F3N6O/c1-13-14(2)30-23-19(29-13)9-21(31-22(23)15-7-17(8-15)24(25,26)27)32-5-6-34-20(12-32)16-10-28-33(11-16)18-3-4-18/h9-11,15,17-18,20H,3-8,12H2,1-2H3/t15-,17+,20-/m1/s1. The van der Waals surface area contributed by atoms with Crippen molar-refractivity contribution in [2.45, 2.75) is 63.8 Å². The monoisotopic (exact) mass is 472 g/mol. The first-order valence-corrected chi connectivity index (χ1v) is 11.9. The molecule has 34 heavy (non-hydrogen) atoms. The van der Waals surface area contributed by atoms with Crippen LogP contribution in [-0.2, 0) is 4.74 Å². The van der Waals surface area contributed by atoms with Crippen molar-refractivity contribution in [3.63, 3.8) is 0 Å². The maximum atomic E-state index is 13.2. The van der Waals surface area contributed by atoms with Crippen LogP contribution in [0.15, 0.2) is 18.5 Å². The van der Waals surface area contributed by atoms with Gasteiger partial charge in [-0.25, -0.2) is 15.0 Å². The zero-order chi connectivity index (χ0) is 23.6. The van der Waals surface area contributed by atoms with Gasteiger partial charge in [0.1, 0.15) is 17.4 Å². The maximum absolute atomic E-state index is 13.2. The molecule has 3 aromatic rings. The molecule has 3 fully saturated rings. The minimum Gasteiger partial charge on any atom is -0.370 e. The summed E-state index contributed by atoms with van der Waals surface area (Å²) in [6.07, 6.45) is 2.07. The number of morpholine rings is 1. The number of anilines is 1. The van der Waals surface area contributed by atoms with Gasteiger partial charge in [-0.3, -0.25) is 4.68 Å². The molecule has 2 saturated carbocycles. The van der Waals surface area contributed by atoms with Crippen LogP contribution >= 0.6 is 0 Å². The number of aromatic nitrogens is 5. The lowest BCUT2D eigenvalue weighted by atomic mass is 9.72. The van der Waals surface area contributed by atoms with E-state index in [4.69, 9.17) is 14.7 Å². The van der Waals surface area contributed by atoms with Gasteiger partial charge in [-0.1, -0.05) is 0 Å². The molecule has 0 aromatic carbocycles. The van der Waals surface area contributed by atoms with Gasteiger partial charge in [0, 0.05) is 36.8 Å². The molecule has 2 aliphatic carbocycles. The van der Waals surface area contributed by atoms with E-state index in [9.17, 15) is 13.2 Å². The summed E-state index contributed by atoms with van der Waals surface area (Å²) in [6.45, 7) is 5.55. The van der Waals surface area contributed by atoms with Crippen LogP contribution in [0.5, 0.6) is 0 Å². The van der Waals surface area contributed by atoms with Crippen molar-refractivity contribution in [3.05, 3.63) is 41.1 Å². The highest BCUT2D eigenvalue weighted by Crippen LogP contribution is 2.50. The van der Waals surface area contributed by atoms with E-state index in [2.05, 4.69) is 21.2 Å². The van der Waals surface area contributed by atoms with E-state index < -0.39 is 12.1 Å². The molecule has 1 saturated heterocycles. The first-order valence-electron chi connectivity index (χ1n) is 11.9. The largest absolute Gasteiger partial charge is 0.391 e. The second-order valence-electron chi connectivity index (χ2n) is 9.83. The van der Waals surface area contributed by atoms with E-state index in [1.54, 1.807) is 0 Å². The van der Waals surface area contributed by atoms with E-state index >= 15 is 0 Å². The number of ether oxygens (including phenoxy) is 1. The SMILES string of the molecule is Cc1nc2cc(N3CCO[C@@H](c4cnn(C5CC5)c4)C3)nc([C@H]3C[C@@H](C(F)(F)F)C3)c2nc1C. The lowest BCUT2D eigenvalue weighted by Crippen LogP contribution is -2.39. The molecule has 3 aliphatic rings. The Morgan fingerprint density at radius 3 is 2.56 bits per heavy atom. The Hall–Kier alpha value is -2.75. The fourth-order valence-corrected chi connectivity index (χ4v) is 4.91. The van der Waals surface area contributed by atoms with E-state index in [0.717, 1.165) is 22.8 Å². The third kappa shape index (κ3) is 3.91. The maximum Gasteiger partial charge on any atom is 0.391 e. The van der Waals surface area contributed by atoms with Gasteiger partial charge in [0.05, 0.1) is 47.4 Å². The van der Waals surface area contributed by atoms with Gasteiger partial charge < -0.3 is 9.64 Å². The van der Waals surface area contributed by atoms with Crippen molar-refractivity contribution >= 4 is 16.9 Å². The molecule has 0 amide bonds. The minimum atomic E-state index is -4.16. The van der Waals surface area contributed by atoms with Gasteiger partial charge in [-0.15, -0.1) is 0 Å². The lowest BCUT2D eigenvalue weighted by molar-refractivity contribution is -0.197. The molecule has 0 radical (unpaired) electrons. The van der Waals surface area contributed by atoms with Crippen LogP contribution in [0.2, 0.25) is 0 Å². The summed E-state index contributed by atoms with van der Waals surface area (Å²) in [7, 11) is 0. The van der Waals surface area contributed by atoms with E-state index in [-0.39, 0.29) is 24.9 Å². The molecule has 180 valence electrons. The molecule has 6 rings (SSSR count). The number of pyridine rings is 1. The molecule has 0 bridgehead atoms. The summed E-state index contributed by atoms with van der Waals surface area (Å²) < 4.78 is 47.6. The number of aryl methyl sites for hydroxylation is 2. The number of halogens is 3. The topological polar surface area (TPSA) is 69.0 Å². The molecule has 0 N–H and O–H groups in total. The van der Waals surface area contributed by atoms with Crippen LogP contribution in [-0.4, -0.2) is 50.6 Å². The molecule has 1 atom stereocenters. The number of rotatable bonds is 4. The molecular weight excluding hydrogens is 445 g/mol. The third-order valence-corrected chi connectivity index (χ3v) is 7.37. The highest BCUT2D eigenvalue weighted by molar-refractivity contribution is 5.80. The molecule has 0 spiro atoms. The highest BCUT2D eigenvalue weighted by atomic mass is 19.4. The predicted molar refractivity (Wildman–Crippen MR) is 120 cm³/mol. The summed E-state index contributed by atoms with van der Waals surface area (Å²) >= 11 is 0. The Balaban J connectivity index is 1.32. The Bertz CT molecular complexity index is 1230. The molecular formula is C24H27F3N6O. The third-order valence-electron chi connectivity index (χ3n) is 7.37. The predicted octanol–water partition coefficient (Wildman–Crippen LogP) is 4.81. The van der Waals surface area contributed by atoms with Crippen LogP contribution in [0.1, 0.15) is 66.4 Å². The Kier molecular flexibility index (Phi) is 5.05. The number of hydrogen-bond acceptors (Lipinski definition) is 6. The van der Waals surface area contributed by atoms with Crippen molar-refractivity contribution < 1.29 is 17.9 Å². The highest BCUT2D eigenvalue weighted by Gasteiger charge is 2.49. The van der Waals surface area contributed by atoms with Gasteiger partial charge in [0.25, 0.3) is 0 Å². The van der Waals surface area contributed by atoms with Crippen molar-refractivity contribution in [2.24, 2.45) is 5.92 Å². The lowest BCUT2D eigenvalue weighted by Gasteiger charge is -2.37. The van der Waals surface area contributed by atoms with Crippen LogP contribution in [0.4, 0.5) is 19.0 Å². The van der Waals surface area contributed by atoms with Crippen molar-refractivity contribution in [1.29, 1.82) is 0 Å². The molecule has 3 aromatic heterocycles. The van der Waals surface area contributed by atoms with Crippen LogP contribution < -0.4 is 4.90 Å². The summed E-state index contributed by atoms with van der Waals surface area (Å²) in [5.41, 5.74) is 4.55. The van der Waals surface area contributed by atoms with Crippen molar-refractivity contribution in [3.8, 4) is 0 Å². The van der Waals surface area contributed by atoms with Gasteiger partial charge in [0.2, 0.25) is 0 Å². The second-order valence-corrected chi connectivity index (χ2v) is 9.83. The summed E-state index contributed by atoms with van der Waals surface area (Å²) in [4.78, 5) is 16.4. The molecule has 0 unspecified atom stereocenters. The smallest absolute Gasteiger partial charge is 0.370 e. The Morgan fingerprint density at radius 1 is 1.06 bits per heavy atom. The first-order chi connectivity index (χ1) is 16.3. The summed E-state index contributed by atoms with van der Waals surface area (Å²) in [5.74, 6) is -0.814. The van der Waals surface area contributed by atoms with Crippen LogP contribution in [0.3, 0.4) is 0 Å². The quantitative estimate of drug-likeness (QED) is 0.543. The molecule has 1 aliphatic heterocycles. The average Bonchev–Trinajstić information content (AvgIpc) is 3.49. The summed E-state index contributed by atoms with van der Waals surface area (Å²) in [5, 5.41) is 4.49. The zero-order valence-electron chi connectivity index (χ0n) is 19.2. The Morgan fingerprint density at radius 2 is 1.82 bits per heavy atom. The van der Waals surface area contributed by atoms with Gasteiger partial charge in [-0.05, 0) is 39.5 Å². The van der Waals surface area contributed by atoms with Crippen molar-refractivity contribution in [1.82, 2.24) is 24.7 Å². The fourth-order valence-electron chi connectivity index (χ4n) is 4.91. The van der Waals surface area contributed by atoms with Crippen LogP contribution in [0, 0.1) is 19.8 Å². The fraction of sp³-hybridized carbons (Fsp3) is 0.583. The first kappa shape index (κ1) is 21.8. The number of alkyl halides is 3. The Labute approximate surface area is 195 Å².